The molecule has 19 heavy (non-hydrogen) atoms. The average molecular weight is 261 g/mol. The molecule has 0 aliphatic rings. The van der Waals surface area contributed by atoms with E-state index >= 15 is 0 Å². The highest BCUT2D eigenvalue weighted by Gasteiger charge is 2.13. The minimum absolute atomic E-state index is 0.323. The maximum atomic E-state index is 5.40. The van der Waals surface area contributed by atoms with Gasteiger partial charge in [0, 0.05) is 5.69 Å². The molecule has 8 heteroatoms. The highest BCUT2D eigenvalue weighted by molar-refractivity contribution is 5.67. The van der Waals surface area contributed by atoms with Gasteiger partial charge >= 0.3 is 0 Å². The lowest BCUT2D eigenvalue weighted by Crippen LogP contribution is -2.16. The lowest BCUT2D eigenvalue weighted by atomic mass is 10.3. The molecule has 0 saturated carbocycles. The number of para-hydroxylation sites is 1. The summed E-state index contributed by atoms with van der Waals surface area (Å²) in [6.45, 7) is 0. The molecule has 1 aromatic carbocycles. The number of benzene rings is 1. The number of nitrogens with zero attached hydrogens (tertiary/aromatic N) is 2. The zero-order chi connectivity index (χ0) is 13.7. The largest absolute Gasteiger partial charge is 0.490 e. The Morgan fingerprint density at radius 2 is 1.58 bits per heavy atom. The zero-order valence-electron chi connectivity index (χ0n) is 10.3. The van der Waals surface area contributed by atoms with Crippen LogP contribution in [-0.4, -0.2) is 17.1 Å². The second kappa shape index (κ2) is 5.85. The summed E-state index contributed by atoms with van der Waals surface area (Å²) in [6, 6.07) is 9.49. The van der Waals surface area contributed by atoms with Crippen molar-refractivity contribution < 1.29 is 4.74 Å². The Labute approximate surface area is 110 Å². The van der Waals surface area contributed by atoms with E-state index < -0.39 is 0 Å². The Hall–Kier alpha value is -2.58. The van der Waals surface area contributed by atoms with Crippen LogP contribution in [0, 0.1) is 0 Å². The van der Waals surface area contributed by atoms with Crippen LogP contribution in [0.15, 0.2) is 30.3 Å². The molecule has 0 unspecified atom stereocenters. The number of rotatable bonds is 5. The Morgan fingerprint density at radius 3 is 2.05 bits per heavy atom. The molecule has 0 radical (unpaired) electrons. The second-order valence-electron chi connectivity index (χ2n) is 3.56. The van der Waals surface area contributed by atoms with Crippen molar-refractivity contribution in [1.29, 1.82) is 0 Å². The third-order valence-electron chi connectivity index (χ3n) is 2.37. The fraction of sp³-hybridized carbons (Fsp3) is 0.0909. The van der Waals surface area contributed by atoms with Crippen LogP contribution in [0.5, 0.6) is 5.75 Å². The van der Waals surface area contributed by atoms with E-state index in [2.05, 4.69) is 26.1 Å². The van der Waals surface area contributed by atoms with E-state index in [0.717, 1.165) is 5.69 Å². The van der Waals surface area contributed by atoms with Gasteiger partial charge in [-0.25, -0.2) is 11.7 Å². The number of methoxy groups -OCH3 is 1. The van der Waals surface area contributed by atoms with Gasteiger partial charge in [-0.15, -0.1) is 0 Å². The molecule has 8 nitrogen and oxygen atoms in total. The molecule has 1 aromatic heterocycles. The highest BCUT2D eigenvalue weighted by atomic mass is 16.5. The van der Waals surface area contributed by atoms with Crippen LogP contribution < -0.4 is 32.6 Å². The predicted octanol–water partition coefficient (Wildman–Crippen LogP) is 0.800. The number of hydrogen-bond donors (Lipinski definition) is 5. The summed E-state index contributed by atoms with van der Waals surface area (Å²) >= 11 is 0. The van der Waals surface area contributed by atoms with Crippen LogP contribution in [-0.2, 0) is 0 Å². The summed E-state index contributed by atoms with van der Waals surface area (Å²) in [6.07, 6.45) is 0. The molecular weight excluding hydrogens is 246 g/mol. The lowest BCUT2D eigenvalue weighted by Gasteiger charge is -2.13. The van der Waals surface area contributed by atoms with Crippen LogP contribution in [0.2, 0.25) is 0 Å². The SMILES string of the molecule is COc1c(NN)nc(Nc2ccccc2)nc1NN. The van der Waals surface area contributed by atoms with Gasteiger partial charge in [-0.3, -0.25) is 0 Å². The van der Waals surface area contributed by atoms with Crippen molar-refractivity contribution >= 4 is 23.3 Å². The van der Waals surface area contributed by atoms with Crippen molar-refractivity contribution in [3.63, 3.8) is 0 Å². The van der Waals surface area contributed by atoms with Gasteiger partial charge in [-0.05, 0) is 12.1 Å². The van der Waals surface area contributed by atoms with Gasteiger partial charge in [0.05, 0.1) is 7.11 Å². The molecule has 2 rings (SSSR count). The Kier molecular flexibility index (Phi) is 3.96. The first kappa shape index (κ1) is 12.9. The van der Waals surface area contributed by atoms with Crippen molar-refractivity contribution in [1.82, 2.24) is 9.97 Å². The summed E-state index contributed by atoms with van der Waals surface area (Å²) in [5.41, 5.74) is 5.72. The van der Waals surface area contributed by atoms with Gasteiger partial charge in [-0.2, -0.15) is 9.97 Å². The normalized spacial score (nSPS) is 9.84. The van der Waals surface area contributed by atoms with Crippen molar-refractivity contribution in [3.8, 4) is 5.75 Å². The third-order valence-corrected chi connectivity index (χ3v) is 2.37. The van der Waals surface area contributed by atoms with E-state index in [1.165, 1.54) is 7.11 Å². The number of nitrogen functional groups attached to an aromatic ring is 2. The summed E-state index contributed by atoms with van der Waals surface area (Å²) in [4.78, 5) is 8.37. The van der Waals surface area contributed by atoms with Gasteiger partial charge in [0.1, 0.15) is 0 Å². The maximum absolute atomic E-state index is 5.40. The fourth-order valence-electron chi connectivity index (χ4n) is 1.55. The first-order valence-electron chi connectivity index (χ1n) is 5.49. The summed E-state index contributed by atoms with van der Waals surface area (Å²) in [5, 5.41) is 3.04. The second-order valence-corrected chi connectivity index (χ2v) is 3.56. The summed E-state index contributed by atoms with van der Waals surface area (Å²) in [7, 11) is 1.48. The maximum Gasteiger partial charge on any atom is 0.231 e. The van der Waals surface area contributed by atoms with E-state index in [1.807, 2.05) is 30.3 Å². The number of hydrogen-bond acceptors (Lipinski definition) is 8. The molecule has 0 atom stereocenters. The predicted molar refractivity (Wildman–Crippen MR) is 73.9 cm³/mol. The summed E-state index contributed by atoms with van der Waals surface area (Å²) in [5.74, 6) is 12.1. The third kappa shape index (κ3) is 2.81. The summed E-state index contributed by atoms with van der Waals surface area (Å²) < 4.78 is 5.13. The number of hydrazine groups is 2. The van der Waals surface area contributed by atoms with Crippen molar-refractivity contribution in [2.75, 3.05) is 23.3 Å². The quantitative estimate of drug-likeness (QED) is 0.395. The number of nitrogens with two attached hydrogens (primary N) is 2. The number of ether oxygens (including phenoxy) is 1. The Balaban J connectivity index is 2.36. The standard InChI is InChI=1S/C11H15N7O/c1-19-8-9(17-12)15-11(16-10(8)18-13)14-7-5-3-2-4-6-7/h2-6H,12-13H2,1H3,(H3,14,15,16,17,18). The lowest BCUT2D eigenvalue weighted by molar-refractivity contribution is 0.415. The molecule has 0 saturated heterocycles. The molecule has 0 spiro atoms. The van der Waals surface area contributed by atoms with E-state index in [9.17, 15) is 0 Å². The zero-order valence-corrected chi connectivity index (χ0v) is 10.3. The average Bonchev–Trinajstić information content (AvgIpc) is 2.47. The van der Waals surface area contributed by atoms with Crippen molar-refractivity contribution in [2.24, 2.45) is 11.7 Å². The molecule has 0 amide bonds. The van der Waals surface area contributed by atoms with E-state index in [0.29, 0.717) is 23.3 Å². The highest BCUT2D eigenvalue weighted by Crippen LogP contribution is 2.30. The van der Waals surface area contributed by atoms with Crippen LogP contribution in [0.1, 0.15) is 0 Å². The van der Waals surface area contributed by atoms with Gasteiger partial charge in [0.15, 0.2) is 11.6 Å². The smallest absolute Gasteiger partial charge is 0.231 e. The van der Waals surface area contributed by atoms with Crippen LogP contribution in [0.25, 0.3) is 0 Å². The van der Waals surface area contributed by atoms with E-state index in [1.54, 1.807) is 0 Å². The molecule has 0 fully saturated rings. The molecular formula is C11H15N7O. The topological polar surface area (TPSA) is 123 Å². The monoisotopic (exact) mass is 261 g/mol. The number of nitrogens with one attached hydrogen (secondary N) is 3. The Bertz CT molecular complexity index is 521. The van der Waals surface area contributed by atoms with E-state index in [4.69, 9.17) is 16.4 Å². The minimum atomic E-state index is 0.323. The van der Waals surface area contributed by atoms with Crippen molar-refractivity contribution in [3.05, 3.63) is 30.3 Å². The van der Waals surface area contributed by atoms with Gasteiger partial charge in [0.25, 0.3) is 0 Å². The van der Waals surface area contributed by atoms with Gasteiger partial charge in [-0.1, -0.05) is 18.2 Å². The van der Waals surface area contributed by atoms with E-state index in [-0.39, 0.29) is 0 Å². The van der Waals surface area contributed by atoms with Gasteiger partial charge in [0.2, 0.25) is 11.7 Å². The molecule has 100 valence electrons. The first-order chi connectivity index (χ1) is 9.28. The Morgan fingerprint density at radius 1 is 1.00 bits per heavy atom. The van der Waals surface area contributed by atoms with Gasteiger partial charge < -0.3 is 20.9 Å². The molecule has 2 aromatic rings. The first-order valence-corrected chi connectivity index (χ1v) is 5.49. The molecule has 7 N–H and O–H groups in total. The fourth-order valence-corrected chi connectivity index (χ4v) is 1.55. The number of anilines is 4. The molecule has 0 aliphatic heterocycles. The van der Waals surface area contributed by atoms with Crippen LogP contribution >= 0.6 is 0 Å². The molecule has 0 aliphatic carbocycles. The number of aromatic nitrogens is 2. The van der Waals surface area contributed by atoms with Crippen LogP contribution in [0.4, 0.5) is 23.3 Å². The minimum Gasteiger partial charge on any atom is -0.490 e. The molecule has 1 heterocycles. The van der Waals surface area contributed by atoms with Crippen molar-refractivity contribution in [2.45, 2.75) is 0 Å². The molecule has 0 bridgehead atoms. The van der Waals surface area contributed by atoms with Crippen LogP contribution in [0.3, 0.4) is 0 Å².